The number of halogens is 1. The summed E-state index contributed by atoms with van der Waals surface area (Å²) in [6.45, 7) is 4.43. The SMILES string of the molecule is CCNCCNC(=O)CCCc1ccc2[nH]c(=O)[nH]c2c1.Cl. The lowest BCUT2D eigenvalue weighted by atomic mass is 10.1. The van der Waals surface area contributed by atoms with E-state index >= 15 is 0 Å². The number of fused-ring (bicyclic) bond motifs is 1. The van der Waals surface area contributed by atoms with Gasteiger partial charge in [0, 0.05) is 19.5 Å². The maximum Gasteiger partial charge on any atom is 0.323 e. The second-order valence-corrected chi connectivity index (χ2v) is 5.02. The molecule has 2 aromatic rings. The van der Waals surface area contributed by atoms with Crippen LogP contribution in [0.3, 0.4) is 0 Å². The van der Waals surface area contributed by atoms with Crippen LogP contribution >= 0.6 is 12.4 Å². The number of amides is 1. The summed E-state index contributed by atoms with van der Waals surface area (Å²) in [6.07, 6.45) is 2.14. The highest BCUT2D eigenvalue weighted by Gasteiger charge is 2.03. The molecule has 7 heteroatoms. The van der Waals surface area contributed by atoms with Gasteiger partial charge in [0.1, 0.15) is 0 Å². The fourth-order valence-corrected chi connectivity index (χ4v) is 2.24. The van der Waals surface area contributed by atoms with Crippen molar-refractivity contribution in [3.05, 3.63) is 34.2 Å². The maximum absolute atomic E-state index is 11.6. The number of hydrogen-bond donors (Lipinski definition) is 4. The van der Waals surface area contributed by atoms with E-state index in [1.165, 1.54) is 0 Å². The molecule has 0 aliphatic heterocycles. The van der Waals surface area contributed by atoms with Gasteiger partial charge in [0.05, 0.1) is 11.0 Å². The molecule has 4 N–H and O–H groups in total. The van der Waals surface area contributed by atoms with Crippen LogP contribution in [0.5, 0.6) is 0 Å². The second-order valence-electron chi connectivity index (χ2n) is 5.02. The van der Waals surface area contributed by atoms with Gasteiger partial charge in [0.2, 0.25) is 5.91 Å². The molecule has 1 amide bonds. The molecule has 0 fully saturated rings. The Balaban J connectivity index is 0.00000242. The van der Waals surface area contributed by atoms with E-state index in [2.05, 4.69) is 20.6 Å². The first kappa shape index (κ1) is 18.3. The summed E-state index contributed by atoms with van der Waals surface area (Å²) < 4.78 is 0. The van der Waals surface area contributed by atoms with Gasteiger partial charge in [-0.05, 0) is 37.1 Å². The summed E-state index contributed by atoms with van der Waals surface area (Å²) >= 11 is 0. The van der Waals surface area contributed by atoms with Gasteiger partial charge >= 0.3 is 5.69 Å². The predicted octanol–water partition coefficient (Wildman–Crippen LogP) is 1.33. The maximum atomic E-state index is 11.6. The average Bonchev–Trinajstić information content (AvgIpc) is 2.83. The van der Waals surface area contributed by atoms with E-state index in [0.29, 0.717) is 13.0 Å². The summed E-state index contributed by atoms with van der Waals surface area (Å²) in [4.78, 5) is 28.3. The van der Waals surface area contributed by atoms with E-state index in [0.717, 1.165) is 42.5 Å². The van der Waals surface area contributed by atoms with Crippen LogP contribution in [0.15, 0.2) is 23.0 Å². The van der Waals surface area contributed by atoms with Crippen molar-refractivity contribution in [3.63, 3.8) is 0 Å². The van der Waals surface area contributed by atoms with E-state index in [4.69, 9.17) is 0 Å². The van der Waals surface area contributed by atoms with E-state index in [1.807, 2.05) is 25.1 Å². The van der Waals surface area contributed by atoms with Crippen molar-refractivity contribution >= 4 is 29.3 Å². The van der Waals surface area contributed by atoms with E-state index < -0.39 is 0 Å². The lowest BCUT2D eigenvalue weighted by Crippen LogP contribution is -2.31. The van der Waals surface area contributed by atoms with Crippen LogP contribution in [0.2, 0.25) is 0 Å². The van der Waals surface area contributed by atoms with Crippen molar-refractivity contribution in [1.29, 1.82) is 0 Å². The normalized spacial score (nSPS) is 10.4. The van der Waals surface area contributed by atoms with E-state index in [1.54, 1.807) is 0 Å². The lowest BCUT2D eigenvalue weighted by molar-refractivity contribution is -0.121. The molecule has 0 aliphatic carbocycles. The number of nitrogens with one attached hydrogen (secondary N) is 4. The Kier molecular flexibility index (Phi) is 7.70. The number of imidazole rings is 1. The molecule has 1 heterocycles. The van der Waals surface area contributed by atoms with Crippen LogP contribution in [0.25, 0.3) is 11.0 Å². The molecule has 0 atom stereocenters. The monoisotopic (exact) mass is 326 g/mol. The van der Waals surface area contributed by atoms with Gasteiger partial charge in [-0.1, -0.05) is 13.0 Å². The number of aryl methyl sites for hydroxylation is 1. The summed E-state index contributed by atoms with van der Waals surface area (Å²) in [5, 5.41) is 6.04. The summed E-state index contributed by atoms with van der Waals surface area (Å²) in [5.41, 5.74) is 2.55. The highest BCUT2D eigenvalue weighted by Crippen LogP contribution is 2.12. The molecule has 0 saturated carbocycles. The molecular weight excluding hydrogens is 304 g/mol. The van der Waals surface area contributed by atoms with Gasteiger partial charge in [0.25, 0.3) is 0 Å². The summed E-state index contributed by atoms with van der Waals surface area (Å²) in [6, 6.07) is 5.82. The van der Waals surface area contributed by atoms with Crippen LogP contribution in [0, 0.1) is 0 Å². The minimum atomic E-state index is -0.192. The number of carbonyl (C=O) groups excluding carboxylic acids is 1. The Morgan fingerprint density at radius 1 is 1.18 bits per heavy atom. The molecule has 6 nitrogen and oxygen atoms in total. The van der Waals surface area contributed by atoms with Gasteiger partial charge in [-0.2, -0.15) is 0 Å². The third-order valence-electron chi connectivity index (χ3n) is 3.32. The topological polar surface area (TPSA) is 89.8 Å². The number of benzene rings is 1. The Bertz CT molecular complexity index is 650. The zero-order valence-electron chi connectivity index (χ0n) is 12.7. The van der Waals surface area contributed by atoms with Crippen molar-refractivity contribution < 1.29 is 4.79 Å². The molecule has 22 heavy (non-hydrogen) atoms. The number of carbonyl (C=O) groups is 1. The quantitative estimate of drug-likeness (QED) is 0.552. The van der Waals surface area contributed by atoms with E-state index in [-0.39, 0.29) is 24.0 Å². The number of H-pyrrole nitrogens is 2. The van der Waals surface area contributed by atoms with Gasteiger partial charge < -0.3 is 20.6 Å². The predicted molar refractivity (Wildman–Crippen MR) is 90.7 cm³/mol. The Morgan fingerprint density at radius 2 is 1.95 bits per heavy atom. The Labute approximate surface area is 135 Å². The van der Waals surface area contributed by atoms with Crippen LogP contribution < -0.4 is 16.3 Å². The number of hydrogen-bond acceptors (Lipinski definition) is 3. The molecule has 1 aromatic carbocycles. The van der Waals surface area contributed by atoms with E-state index in [9.17, 15) is 9.59 Å². The number of aromatic nitrogens is 2. The van der Waals surface area contributed by atoms with Gasteiger partial charge in [-0.3, -0.25) is 4.79 Å². The minimum Gasteiger partial charge on any atom is -0.355 e. The molecule has 122 valence electrons. The molecular formula is C15H23ClN4O2. The molecule has 0 aliphatic rings. The van der Waals surface area contributed by atoms with Crippen LogP contribution in [0.1, 0.15) is 25.3 Å². The zero-order valence-corrected chi connectivity index (χ0v) is 13.5. The average molecular weight is 327 g/mol. The van der Waals surface area contributed by atoms with Crippen molar-refractivity contribution in [2.45, 2.75) is 26.2 Å². The third kappa shape index (κ3) is 5.54. The minimum absolute atomic E-state index is 0. The van der Waals surface area contributed by atoms with Crippen LogP contribution in [-0.4, -0.2) is 35.5 Å². The van der Waals surface area contributed by atoms with Crippen molar-refractivity contribution in [3.8, 4) is 0 Å². The smallest absolute Gasteiger partial charge is 0.323 e. The Morgan fingerprint density at radius 3 is 2.73 bits per heavy atom. The molecule has 0 bridgehead atoms. The first-order valence-electron chi connectivity index (χ1n) is 7.37. The summed E-state index contributed by atoms with van der Waals surface area (Å²) in [5.74, 6) is 0.0871. The summed E-state index contributed by atoms with van der Waals surface area (Å²) in [7, 11) is 0. The number of rotatable bonds is 8. The van der Waals surface area contributed by atoms with Crippen LogP contribution in [-0.2, 0) is 11.2 Å². The molecule has 2 rings (SSSR count). The fraction of sp³-hybridized carbons (Fsp3) is 0.467. The molecule has 0 radical (unpaired) electrons. The first-order chi connectivity index (χ1) is 10.2. The third-order valence-corrected chi connectivity index (χ3v) is 3.32. The van der Waals surface area contributed by atoms with Crippen molar-refractivity contribution in [2.24, 2.45) is 0 Å². The standard InChI is InChI=1S/C15H22N4O2.ClH/c1-2-16-8-9-17-14(20)5-3-4-11-6-7-12-13(10-11)19-15(21)18-12;/h6-7,10,16H,2-5,8-9H2,1H3,(H,17,20)(H2,18,19,21);1H. The largest absolute Gasteiger partial charge is 0.355 e. The Hall–Kier alpha value is -1.79. The van der Waals surface area contributed by atoms with Gasteiger partial charge in [0.15, 0.2) is 0 Å². The molecule has 1 aromatic heterocycles. The fourth-order valence-electron chi connectivity index (χ4n) is 2.24. The molecule has 0 unspecified atom stereocenters. The first-order valence-corrected chi connectivity index (χ1v) is 7.37. The lowest BCUT2D eigenvalue weighted by Gasteiger charge is -2.05. The van der Waals surface area contributed by atoms with Gasteiger partial charge in [-0.25, -0.2) is 4.79 Å². The van der Waals surface area contributed by atoms with Crippen LogP contribution in [0.4, 0.5) is 0 Å². The number of likely N-dealkylation sites (N-methyl/N-ethyl adjacent to an activating group) is 1. The second kappa shape index (κ2) is 9.27. The number of aromatic amines is 2. The van der Waals surface area contributed by atoms with Gasteiger partial charge in [-0.15, -0.1) is 12.4 Å². The molecule has 0 saturated heterocycles. The zero-order chi connectivity index (χ0) is 15.1. The highest BCUT2D eigenvalue weighted by atomic mass is 35.5. The molecule has 0 spiro atoms. The highest BCUT2D eigenvalue weighted by molar-refractivity contribution is 5.85. The van der Waals surface area contributed by atoms with Crippen molar-refractivity contribution in [1.82, 2.24) is 20.6 Å². The van der Waals surface area contributed by atoms with Crippen molar-refractivity contribution in [2.75, 3.05) is 19.6 Å².